The molecule has 0 radical (unpaired) electrons. The van der Waals surface area contributed by atoms with E-state index >= 15 is 0 Å². The zero-order valence-electron chi connectivity index (χ0n) is 12.3. The molecule has 0 fully saturated rings. The molecule has 1 aliphatic rings. The first-order chi connectivity index (χ1) is 9.26. The molecule has 102 valence electrons. The summed E-state index contributed by atoms with van der Waals surface area (Å²) in [5, 5.41) is 0. The Kier molecular flexibility index (Phi) is 2.43. The van der Waals surface area contributed by atoms with E-state index in [1.165, 1.54) is 0 Å². The number of hydrogen-bond donors (Lipinski definition) is 0. The molecule has 0 amide bonds. The highest BCUT2D eigenvalue weighted by molar-refractivity contribution is 6.06. The minimum absolute atomic E-state index is 0.145. The maximum absolute atomic E-state index is 12.7. The van der Waals surface area contributed by atoms with Gasteiger partial charge in [-0.1, -0.05) is 18.7 Å². The third-order valence-electron chi connectivity index (χ3n) is 4.34. The molecule has 0 N–H and O–H groups in total. The van der Waals surface area contributed by atoms with Crippen molar-refractivity contribution in [1.82, 2.24) is 9.97 Å². The minimum Gasteiger partial charge on any atom is -0.298 e. The molecular weight excluding hydrogens is 248 g/mol. The molecule has 20 heavy (non-hydrogen) atoms. The van der Waals surface area contributed by atoms with Crippen molar-refractivity contribution in [3.05, 3.63) is 42.2 Å². The molecule has 3 rings (SSSR count). The first kappa shape index (κ1) is 13.0. The minimum atomic E-state index is -0.642. The van der Waals surface area contributed by atoms with Gasteiger partial charge in [0.2, 0.25) is 0 Å². The SMILES string of the molecule is C=C1c2nc3ccccc3nc2C(C)(C)C(=O)C1(C)C. The summed E-state index contributed by atoms with van der Waals surface area (Å²) in [6.45, 7) is 11.8. The number of nitrogens with zero attached hydrogens (tertiary/aromatic N) is 2. The summed E-state index contributed by atoms with van der Waals surface area (Å²) in [6.07, 6.45) is 0. The summed E-state index contributed by atoms with van der Waals surface area (Å²) in [5.74, 6) is 0.145. The second kappa shape index (κ2) is 3.75. The predicted molar refractivity (Wildman–Crippen MR) is 80.4 cm³/mol. The van der Waals surface area contributed by atoms with E-state index in [1.807, 2.05) is 52.0 Å². The van der Waals surface area contributed by atoms with Crippen LogP contribution in [0.5, 0.6) is 0 Å². The van der Waals surface area contributed by atoms with Gasteiger partial charge in [-0.15, -0.1) is 0 Å². The third-order valence-corrected chi connectivity index (χ3v) is 4.34. The van der Waals surface area contributed by atoms with Gasteiger partial charge in [0.25, 0.3) is 0 Å². The molecule has 0 saturated heterocycles. The number of aromatic nitrogens is 2. The lowest BCUT2D eigenvalue weighted by molar-refractivity contribution is -0.129. The Bertz CT molecular complexity index is 757. The quantitative estimate of drug-likeness (QED) is 0.732. The van der Waals surface area contributed by atoms with Crippen molar-refractivity contribution >= 4 is 22.4 Å². The van der Waals surface area contributed by atoms with Gasteiger partial charge in [0.15, 0.2) is 5.78 Å². The van der Waals surface area contributed by atoms with Crippen LogP contribution >= 0.6 is 0 Å². The van der Waals surface area contributed by atoms with Crippen molar-refractivity contribution in [3.63, 3.8) is 0 Å². The van der Waals surface area contributed by atoms with Crippen LogP contribution < -0.4 is 0 Å². The Balaban J connectivity index is 2.41. The van der Waals surface area contributed by atoms with Crippen LogP contribution in [0, 0.1) is 5.41 Å². The number of hydrogen-bond acceptors (Lipinski definition) is 3. The molecule has 1 heterocycles. The smallest absolute Gasteiger partial charge is 0.154 e. The van der Waals surface area contributed by atoms with Gasteiger partial charge in [0.1, 0.15) is 0 Å². The number of carbonyl (C=O) groups is 1. The van der Waals surface area contributed by atoms with E-state index in [0.717, 1.165) is 28.0 Å². The average molecular weight is 266 g/mol. The van der Waals surface area contributed by atoms with E-state index in [-0.39, 0.29) is 5.78 Å². The summed E-state index contributed by atoms with van der Waals surface area (Å²) in [4.78, 5) is 22.1. The normalized spacial score (nSPS) is 20.0. The maximum atomic E-state index is 12.7. The number of allylic oxidation sites excluding steroid dienone is 1. The molecule has 1 aromatic carbocycles. The topological polar surface area (TPSA) is 42.9 Å². The summed E-state index contributed by atoms with van der Waals surface area (Å²) < 4.78 is 0. The summed E-state index contributed by atoms with van der Waals surface area (Å²) in [6, 6.07) is 7.73. The number of rotatable bonds is 0. The van der Waals surface area contributed by atoms with E-state index in [0.29, 0.717) is 0 Å². The van der Waals surface area contributed by atoms with Crippen molar-refractivity contribution in [2.24, 2.45) is 5.41 Å². The number of para-hydroxylation sites is 2. The van der Waals surface area contributed by atoms with Gasteiger partial charge in [-0.25, -0.2) is 9.97 Å². The lowest BCUT2D eigenvalue weighted by Crippen LogP contribution is -2.46. The maximum Gasteiger partial charge on any atom is 0.154 e. The molecule has 2 aromatic rings. The van der Waals surface area contributed by atoms with Gasteiger partial charge in [-0.05, 0) is 45.4 Å². The molecule has 0 saturated carbocycles. The highest BCUT2D eigenvalue weighted by Crippen LogP contribution is 2.47. The standard InChI is InChI=1S/C17H18N2O/c1-10-13-14(17(4,5)15(20)16(10,2)3)19-12-9-7-6-8-11(12)18-13/h6-9H,1H2,2-5H3. The Morgan fingerprint density at radius 3 is 2.10 bits per heavy atom. The molecule has 0 bridgehead atoms. The fourth-order valence-electron chi connectivity index (χ4n) is 2.97. The Hall–Kier alpha value is -2.03. The van der Waals surface area contributed by atoms with Crippen LogP contribution in [0.25, 0.3) is 16.6 Å². The van der Waals surface area contributed by atoms with Crippen LogP contribution in [0.3, 0.4) is 0 Å². The number of Topliss-reactive ketones (excluding diaryl/α,β-unsaturated/α-hetero) is 1. The second-order valence-electron chi connectivity index (χ2n) is 6.47. The monoisotopic (exact) mass is 266 g/mol. The van der Waals surface area contributed by atoms with E-state index in [4.69, 9.17) is 9.97 Å². The average Bonchev–Trinajstić information content (AvgIpc) is 2.42. The molecular formula is C17H18N2O. The highest BCUT2D eigenvalue weighted by atomic mass is 16.1. The van der Waals surface area contributed by atoms with Gasteiger partial charge >= 0.3 is 0 Å². The van der Waals surface area contributed by atoms with Crippen LogP contribution in [0.15, 0.2) is 30.8 Å². The Morgan fingerprint density at radius 1 is 0.950 bits per heavy atom. The van der Waals surface area contributed by atoms with Crippen molar-refractivity contribution in [1.29, 1.82) is 0 Å². The first-order valence-corrected chi connectivity index (χ1v) is 6.78. The van der Waals surface area contributed by atoms with Gasteiger partial charge in [-0.2, -0.15) is 0 Å². The molecule has 0 atom stereocenters. The largest absolute Gasteiger partial charge is 0.298 e. The summed E-state index contributed by atoms with van der Waals surface area (Å²) in [5.41, 5.74) is 2.69. The summed E-state index contributed by atoms with van der Waals surface area (Å²) >= 11 is 0. The van der Waals surface area contributed by atoms with Gasteiger partial charge in [0, 0.05) is 0 Å². The number of ketones is 1. The molecule has 1 aromatic heterocycles. The highest BCUT2D eigenvalue weighted by Gasteiger charge is 2.49. The van der Waals surface area contributed by atoms with E-state index < -0.39 is 10.8 Å². The molecule has 3 nitrogen and oxygen atoms in total. The van der Waals surface area contributed by atoms with Crippen molar-refractivity contribution < 1.29 is 4.79 Å². The first-order valence-electron chi connectivity index (χ1n) is 6.78. The number of fused-ring (bicyclic) bond motifs is 2. The van der Waals surface area contributed by atoms with E-state index in [2.05, 4.69) is 6.58 Å². The van der Waals surface area contributed by atoms with Crippen LogP contribution in [0.1, 0.15) is 39.1 Å². The van der Waals surface area contributed by atoms with Crippen LogP contribution in [-0.2, 0) is 10.2 Å². The van der Waals surface area contributed by atoms with Crippen molar-refractivity contribution in [3.8, 4) is 0 Å². The Morgan fingerprint density at radius 2 is 1.50 bits per heavy atom. The second-order valence-corrected chi connectivity index (χ2v) is 6.47. The van der Waals surface area contributed by atoms with Crippen LogP contribution in [0.2, 0.25) is 0 Å². The lowest BCUT2D eigenvalue weighted by Gasteiger charge is -2.40. The predicted octanol–water partition coefficient (Wildman–Crippen LogP) is 3.53. The Labute approximate surface area is 118 Å². The molecule has 3 heteroatoms. The van der Waals surface area contributed by atoms with E-state index in [1.54, 1.807) is 0 Å². The molecule has 0 aliphatic heterocycles. The fraction of sp³-hybridized carbons (Fsp3) is 0.353. The van der Waals surface area contributed by atoms with Crippen molar-refractivity contribution in [2.45, 2.75) is 33.1 Å². The summed E-state index contributed by atoms with van der Waals surface area (Å²) in [7, 11) is 0. The molecule has 0 spiro atoms. The fourth-order valence-corrected chi connectivity index (χ4v) is 2.97. The zero-order valence-corrected chi connectivity index (χ0v) is 12.3. The van der Waals surface area contributed by atoms with Crippen LogP contribution in [-0.4, -0.2) is 15.8 Å². The third kappa shape index (κ3) is 1.49. The van der Waals surface area contributed by atoms with Crippen molar-refractivity contribution in [2.75, 3.05) is 0 Å². The number of benzene rings is 1. The van der Waals surface area contributed by atoms with Gasteiger partial charge < -0.3 is 0 Å². The lowest BCUT2D eigenvalue weighted by atomic mass is 9.62. The van der Waals surface area contributed by atoms with Gasteiger partial charge in [-0.3, -0.25) is 4.79 Å². The molecule has 0 unspecified atom stereocenters. The van der Waals surface area contributed by atoms with E-state index in [9.17, 15) is 4.79 Å². The molecule has 1 aliphatic carbocycles. The zero-order chi connectivity index (χ0) is 14.7. The van der Waals surface area contributed by atoms with Crippen LogP contribution in [0.4, 0.5) is 0 Å². The van der Waals surface area contributed by atoms with Gasteiger partial charge in [0.05, 0.1) is 33.3 Å². The number of carbonyl (C=O) groups excluding carboxylic acids is 1.